The van der Waals surface area contributed by atoms with Crippen LogP contribution in [0.15, 0.2) is 40.9 Å². The quantitative estimate of drug-likeness (QED) is 0.606. The zero-order valence-corrected chi connectivity index (χ0v) is 17.9. The van der Waals surface area contributed by atoms with Gasteiger partial charge in [0.15, 0.2) is 5.69 Å². The SMILES string of the molecule is NC(=O)OC1(Cc2cc(C(N)=O)no2)CC2(CCN(c3ccc4cc(F)ccc4n3)CC2)C1. The fourth-order valence-corrected chi connectivity index (χ4v) is 5.42. The zero-order chi connectivity index (χ0) is 23.2. The summed E-state index contributed by atoms with van der Waals surface area (Å²) < 4.78 is 24.2. The third-order valence-corrected chi connectivity index (χ3v) is 6.80. The number of aromatic nitrogens is 2. The molecule has 0 bridgehead atoms. The number of halogens is 1. The molecule has 1 aliphatic heterocycles. The molecular formula is C23H24FN5O4. The van der Waals surface area contributed by atoms with Crippen molar-refractivity contribution >= 4 is 28.7 Å². The van der Waals surface area contributed by atoms with Gasteiger partial charge in [0.25, 0.3) is 5.91 Å². The molecule has 33 heavy (non-hydrogen) atoms. The zero-order valence-electron chi connectivity index (χ0n) is 17.9. The van der Waals surface area contributed by atoms with Gasteiger partial charge in [-0.1, -0.05) is 5.16 Å². The highest BCUT2D eigenvalue weighted by Crippen LogP contribution is 2.57. The Morgan fingerprint density at radius 1 is 1.12 bits per heavy atom. The summed E-state index contributed by atoms with van der Waals surface area (Å²) >= 11 is 0. The Morgan fingerprint density at radius 2 is 1.88 bits per heavy atom. The minimum atomic E-state index is -0.839. The number of hydrogen-bond donors (Lipinski definition) is 2. The number of amides is 2. The van der Waals surface area contributed by atoms with Gasteiger partial charge in [-0.05, 0) is 61.4 Å². The third kappa shape index (κ3) is 4.08. The summed E-state index contributed by atoms with van der Waals surface area (Å²) in [4.78, 5) is 29.8. The molecule has 4 N–H and O–H groups in total. The van der Waals surface area contributed by atoms with Crippen molar-refractivity contribution in [3.63, 3.8) is 0 Å². The highest BCUT2D eigenvalue weighted by atomic mass is 19.1. The second kappa shape index (κ2) is 7.72. The van der Waals surface area contributed by atoms with Crippen LogP contribution in [0.25, 0.3) is 10.9 Å². The molecule has 1 aliphatic carbocycles. The normalized spacial score (nSPS) is 18.8. The van der Waals surface area contributed by atoms with Crippen LogP contribution in [-0.4, -0.2) is 40.8 Å². The molecule has 10 heteroatoms. The van der Waals surface area contributed by atoms with Crippen molar-refractivity contribution in [3.05, 3.63) is 53.7 Å². The number of pyridine rings is 1. The van der Waals surface area contributed by atoms with Crippen LogP contribution in [0, 0.1) is 11.2 Å². The first-order valence-corrected chi connectivity index (χ1v) is 10.8. The van der Waals surface area contributed by atoms with Gasteiger partial charge in [-0.3, -0.25) is 4.79 Å². The van der Waals surface area contributed by atoms with Gasteiger partial charge in [-0.25, -0.2) is 14.2 Å². The lowest BCUT2D eigenvalue weighted by atomic mass is 9.54. The standard InChI is InChI=1S/C23H24FN5O4/c24-15-2-3-17-14(9-15)1-4-19(27-17)29-7-5-22(6-8-29)12-23(13-22,32-21(26)31)11-16-10-18(20(25)30)28-33-16/h1-4,9-10H,5-8,11-13H2,(H2,25,30)(H2,26,31). The first-order valence-electron chi connectivity index (χ1n) is 10.8. The van der Waals surface area contributed by atoms with E-state index in [1.54, 1.807) is 6.07 Å². The monoisotopic (exact) mass is 453 g/mol. The number of nitrogens with two attached hydrogens (primary N) is 2. The number of rotatable bonds is 5. The Morgan fingerprint density at radius 3 is 2.55 bits per heavy atom. The molecule has 0 unspecified atom stereocenters. The van der Waals surface area contributed by atoms with E-state index in [9.17, 15) is 14.0 Å². The van der Waals surface area contributed by atoms with E-state index in [2.05, 4.69) is 15.0 Å². The molecule has 1 spiro atoms. The Kier molecular flexibility index (Phi) is 4.95. The van der Waals surface area contributed by atoms with E-state index in [-0.39, 0.29) is 23.3 Å². The van der Waals surface area contributed by atoms with Gasteiger partial charge in [0, 0.05) is 31.0 Å². The number of anilines is 1. The molecule has 1 aromatic carbocycles. The van der Waals surface area contributed by atoms with Gasteiger partial charge >= 0.3 is 6.09 Å². The average molecular weight is 453 g/mol. The first kappa shape index (κ1) is 21.2. The predicted octanol–water partition coefficient (Wildman–Crippen LogP) is 2.92. The maximum absolute atomic E-state index is 13.4. The molecule has 2 fully saturated rings. The van der Waals surface area contributed by atoms with Crippen molar-refractivity contribution in [2.75, 3.05) is 18.0 Å². The Hall–Kier alpha value is -3.69. The van der Waals surface area contributed by atoms with Crippen molar-refractivity contribution in [1.29, 1.82) is 0 Å². The maximum Gasteiger partial charge on any atom is 0.405 e. The fourth-order valence-electron chi connectivity index (χ4n) is 5.42. The Labute approximate surface area is 188 Å². The minimum absolute atomic E-state index is 0.0263. The van der Waals surface area contributed by atoms with Crippen LogP contribution in [0.4, 0.5) is 15.0 Å². The molecule has 3 aromatic rings. The summed E-state index contributed by atoms with van der Waals surface area (Å²) in [6.07, 6.45) is 2.55. The number of hydrogen-bond acceptors (Lipinski definition) is 7. The topological polar surface area (TPSA) is 138 Å². The second-order valence-corrected chi connectivity index (χ2v) is 9.17. The van der Waals surface area contributed by atoms with Gasteiger partial charge in [-0.2, -0.15) is 0 Å². The van der Waals surface area contributed by atoms with E-state index >= 15 is 0 Å². The van der Waals surface area contributed by atoms with Crippen molar-refractivity contribution in [2.45, 2.75) is 37.7 Å². The Balaban J connectivity index is 1.26. The van der Waals surface area contributed by atoms with Crippen molar-refractivity contribution in [3.8, 4) is 0 Å². The number of fused-ring (bicyclic) bond motifs is 1. The number of carbonyl (C=O) groups is 2. The lowest BCUT2D eigenvalue weighted by molar-refractivity contribution is -0.139. The summed E-state index contributed by atoms with van der Waals surface area (Å²) in [6.45, 7) is 1.61. The van der Waals surface area contributed by atoms with Crippen molar-refractivity contribution in [2.24, 2.45) is 16.9 Å². The molecule has 1 saturated carbocycles. The smallest absolute Gasteiger partial charge is 0.405 e. The van der Waals surface area contributed by atoms with Crippen molar-refractivity contribution < 1.29 is 23.2 Å². The predicted molar refractivity (Wildman–Crippen MR) is 117 cm³/mol. The minimum Gasteiger partial charge on any atom is -0.443 e. The van der Waals surface area contributed by atoms with Gasteiger partial charge in [0.2, 0.25) is 0 Å². The molecule has 5 rings (SSSR count). The highest BCUT2D eigenvalue weighted by molar-refractivity contribution is 5.90. The molecule has 2 aromatic heterocycles. The van der Waals surface area contributed by atoms with Crippen LogP contribution in [0.5, 0.6) is 0 Å². The first-order chi connectivity index (χ1) is 15.7. The van der Waals surface area contributed by atoms with Crippen LogP contribution < -0.4 is 16.4 Å². The molecule has 9 nitrogen and oxygen atoms in total. The largest absolute Gasteiger partial charge is 0.443 e. The molecule has 2 amide bonds. The summed E-state index contributed by atoms with van der Waals surface area (Å²) in [5.41, 5.74) is 10.6. The molecular weight excluding hydrogens is 429 g/mol. The van der Waals surface area contributed by atoms with E-state index in [0.717, 1.165) is 42.7 Å². The van der Waals surface area contributed by atoms with Crippen LogP contribution in [0.2, 0.25) is 0 Å². The number of ether oxygens (including phenoxy) is 1. The van der Waals surface area contributed by atoms with E-state index in [0.29, 0.717) is 18.6 Å². The van der Waals surface area contributed by atoms with Crippen LogP contribution in [0.3, 0.4) is 0 Å². The van der Waals surface area contributed by atoms with Gasteiger partial charge in [-0.15, -0.1) is 0 Å². The molecule has 0 radical (unpaired) electrons. The number of carbonyl (C=O) groups excluding carboxylic acids is 2. The van der Waals surface area contributed by atoms with Crippen LogP contribution in [0.1, 0.15) is 41.9 Å². The summed E-state index contributed by atoms with van der Waals surface area (Å²) in [7, 11) is 0. The number of piperidine rings is 1. The number of nitrogens with zero attached hydrogens (tertiary/aromatic N) is 3. The molecule has 0 atom stereocenters. The second-order valence-electron chi connectivity index (χ2n) is 9.17. The van der Waals surface area contributed by atoms with Gasteiger partial charge in [0.1, 0.15) is 23.0 Å². The lowest BCUT2D eigenvalue weighted by Gasteiger charge is -2.57. The van der Waals surface area contributed by atoms with Crippen LogP contribution in [-0.2, 0) is 11.2 Å². The van der Waals surface area contributed by atoms with E-state index in [4.69, 9.17) is 20.7 Å². The maximum atomic E-state index is 13.4. The molecule has 3 heterocycles. The summed E-state index contributed by atoms with van der Waals surface area (Å²) in [5.74, 6) is 0.331. The molecule has 2 aliphatic rings. The highest BCUT2D eigenvalue weighted by Gasteiger charge is 2.58. The van der Waals surface area contributed by atoms with E-state index < -0.39 is 17.6 Å². The number of primary amides is 2. The fraction of sp³-hybridized carbons (Fsp3) is 0.391. The lowest BCUT2D eigenvalue weighted by Crippen LogP contribution is -2.59. The summed E-state index contributed by atoms with van der Waals surface area (Å²) in [6, 6.07) is 9.86. The number of benzene rings is 1. The third-order valence-electron chi connectivity index (χ3n) is 6.80. The van der Waals surface area contributed by atoms with Gasteiger partial charge in [0.05, 0.1) is 5.52 Å². The molecule has 1 saturated heterocycles. The van der Waals surface area contributed by atoms with Gasteiger partial charge < -0.3 is 25.6 Å². The molecule has 172 valence electrons. The summed E-state index contributed by atoms with van der Waals surface area (Å²) in [5, 5.41) is 4.43. The van der Waals surface area contributed by atoms with E-state index in [1.807, 2.05) is 12.1 Å². The van der Waals surface area contributed by atoms with E-state index in [1.165, 1.54) is 18.2 Å². The average Bonchev–Trinajstić information content (AvgIpc) is 3.21. The Bertz CT molecular complexity index is 1230. The van der Waals surface area contributed by atoms with Crippen LogP contribution >= 0.6 is 0 Å². The van der Waals surface area contributed by atoms with Crippen molar-refractivity contribution in [1.82, 2.24) is 10.1 Å².